The number of aryl methyl sites for hydroxylation is 2. The number of nitrogens with one attached hydrogen (secondary N) is 2. The van der Waals surface area contributed by atoms with E-state index >= 15 is 0 Å². The van der Waals surface area contributed by atoms with Crippen LogP contribution in [0.25, 0.3) is 0 Å². The minimum absolute atomic E-state index is 0.185. The number of carbonyl (C=O) groups is 1. The quantitative estimate of drug-likeness (QED) is 0.592. The van der Waals surface area contributed by atoms with E-state index in [0.717, 1.165) is 24.9 Å². The van der Waals surface area contributed by atoms with E-state index in [9.17, 15) is 4.79 Å². The summed E-state index contributed by atoms with van der Waals surface area (Å²) in [5, 5.41) is 6.06. The monoisotopic (exact) mass is 360 g/mol. The van der Waals surface area contributed by atoms with Crippen molar-refractivity contribution < 1.29 is 4.79 Å². The summed E-state index contributed by atoms with van der Waals surface area (Å²) in [6.07, 6.45) is 4.41. The van der Waals surface area contributed by atoms with Gasteiger partial charge in [-0.05, 0) is 48.6 Å². The van der Waals surface area contributed by atoms with E-state index in [4.69, 9.17) is 0 Å². The van der Waals surface area contributed by atoms with Crippen LogP contribution in [0.3, 0.4) is 0 Å². The number of amides is 1. The summed E-state index contributed by atoms with van der Waals surface area (Å²) in [6, 6.07) is 20.0. The van der Waals surface area contributed by atoms with Crippen molar-refractivity contribution in [3.05, 3.63) is 83.7 Å². The van der Waals surface area contributed by atoms with Crippen molar-refractivity contribution in [3.63, 3.8) is 0 Å². The van der Waals surface area contributed by atoms with Crippen molar-refractivity contribution in [2.45, 2.75) is 26.2 Å². The van der Waals surface area contributed by atoms with Crippen LogP contribution in [-0.2, 0) is 12.8 Å². The molecule has 27 heavy (non-hydrogen) atoms. The molecule has 3 aromatic rings. The van der Waals surface area contributed by atoms with E-state index in [1.165, 1.54) is 11.1 Å². The molecule has 1 heterocycles. The topological polar surface area (TPSA) is 66.9 Å². The summed E-state index contributed by atoms with van der Waals surface area (Å²) in [5.41, 5.74) is 3.80. The molecule has 0 spiro atoms. The highest BCUT2D eigenvalue weighted by Gasteiger charge is 2.08. The Bertz CT molecular complexity index is 863. The Labute approximate surface area is 159 Å². The standard InChI is InChI=1S/C22H24N4O/c1-2-17-10-12-19(13-11-17)25-22-24-16-14-20(26-22)21(27)23-15-6-9-18-7-4-3-5-8-18/h3-5,7-8,10-14,16H,2,6,9,15H2,1H3,(H,23,27)(H,24,25,26). The van der Waals surface area contributed by atoms with Gasteiger partial charge in [-0.25, -0.2) is 9.97 Å². The van der Waals surface area contributed by atoms with Gasteiger partial charge in [-0.1, -0.05) is 49.4 Å². The SMILES string of the molecule is CCc1ccc(Nc2nccc(C(=O)NCCCc3ccccc3)n2)cc1. The van der Waals surface area contributed by atoms with Gasteiger partial charge in [-0.2, -0.15) is 0 Å². The molecule has 2 aromatic carbocycles. The van der Waals surface area contributed by atoms with Gasteiger partial charge >= 0.3 is 0 Å². The van der Waals surface area contributed by atoms with Crippen molar-refractivity contribution >= 4 is 17.5 Å². The molecule has 5 heteroatoms. The van der Waals surface area contributed by atoms with E-state index in [1.54, 1.807) is 12.3 Å². The molecule has 0 fully saturated rings. The fourth-order valence-corrected chi connectivity index (χ4v) is 2.73. The van der Waals surface area contributed by atoms with E-state index in [0.29, 0.717) is 18.2 Å². The molecule has 0 aliphatic carbocycles. The molecule has 1 aromatic heterocycles. The van der Waals surface area contributed by atoms with Crippen molar-refractivity contribution in [1.82, 2.24) is 15.3 Å². The third-order valence-corrected chi connectivity index (χ3v) is 4.28. The maximum atomic E-state index is 12.3. The van der Waals surface area contributed by atoms with Gasteiger partial charge in [-0.3, -0.25) is 4.79 Å². The van der Waals surface area contributed by atoms with Crippen molar-refractivity contribution in [3.8, 4) is 0 Å². The van der Waals surface area contributed by atoms with Crippen LogP contribution >= 0.6 is 0 Å². The maximum absolute atomic E-state index is 12.3. The number of nitrogens with zero attached hydrogens (tertiary/aromatic N) is 2. The number of aromatic nitrogens is 2. The molecule has 0 saturated carbocycles. The minimum Gasteiger partial charge on any atom is -0.351 e. The van der Waals surface area contributed by atoms with Crippen LogP contribution in [0.1, 0.15) is 35.0 Å². The number of rotatable bonds is 8. The Morgan fingerprint density at radius 3 is 2.48 bits per heavy atom. The molecule has 3 rings (SSSR count). The molecule has 1 amide bonds. The van der Waals surface area contributed by atoms with Crippen LogP contribution in [-0.4, -0.2) is 22.4 Å². The Morgan fingerprint density at radius 2 is 1.74 bits per heavy atom. The lowest BCUT2D eigenvalue weighted by Crippen LogP contribution is -2.26. The average molecular weight is 360 g/mol. The normalized spacial score (nSPS) is 10.4. The molecule has 0 saturated heterocycles. The van der Waals surface area contributed by atoms with Crippen LogP contribution in [0, 0.1) is 0 Å². The first-order valence-corrected chi connectivity index (χ1v) is 9.25. The molecule has 0 atom stereocenters. The van der Waals surface area contributed by atoms with E-state index in [-0.39, 0.29) is 5.91 Å². The first-order chi connectivity index (χ1) is 13.2. The molecule has 0 radical (unpaired) electrons. The Hall–Kier alpha value is -3.21. The first-order valence-electron chi connectivity index (χ1n) is 9.25. The lowest BCUT2D eigenvalue weighted by molar-refractivity contribution is 0.0948. The van der Waals surface area contributed by atoms with Gasteiger partial charge in [0.25, 0.3) is 5.91 Å². The molecule has 0 unspecified atom stereocenters. The fraction of sp³-hybridized carbons (Fsp3) is 0.227. The zero-order chi connectivity index (χ0) is 18.9. The smallest absolute Gasteiger partial charge is 0.270 e. The highest BCUT2D eigenvalue weighted by atomic mass is 16.1. The van der Waals surface area contributed by atoms with Gasteiger partial charge in [0.1, 0.15) is 5.69 Å². The lowest BCUT2D eigenvalue weighted by atomic mass is 10.1. The van der Waals surface area contributed by atoms with Crippen LogP contribution in [0.4, 0.5) is 11.6 Å². The predicted octanol–water partition coefficient (Wildman–Crippen LogP) is 4.15. The predicted molar refractivity (Wildman–Crippen MR) is 108 cm³/mol. The summed E-state index contributed by atoms with van der Waals surface area (Å²) in [4.78, 5) is 20.8. The second-order valence-electron chi connectivity index (χ2n) is 6.29. The molecule has 0 aliphatic heterocycles. The fourth-order valence-electron chi connectivity index (χ4n) is 2.73. The Morgan fingerprint density at radius 1 is 0.963 bits per heavy atom. The van der Waals surface area contributed by atoms with Crippen LogP contribution in [0.15, 0.2) is 66.9 Å². The summed E-state index contributed by atoms with van der Waals surface area (Å²) in [6.45, 7) is 2.73. The second kappa shape index (κ2) is 9.48. The largest absolute Gasteiger partial charge is 0.351 e. The van der Waals surface area contributed by atoms with E-state index < -0.39 is 0 Å². The maximum Gasteiger partial charge on any atom is 0.270 e. The number of hydrogen-bond donors (Lipinski definition) is 2. The molecular formula is C22H24N4O. The molecular weight excluding hydrogens is 336 g/mol. The lowest BCUT2D eigenvalue weighted by Gasteiger charge is -2.08. The Balaban J connectivity index is 1.51. The van der Waals surface area contributed by atoms with Gasteiger partial charge in [-0.15, -0.1) is 0 Å². The van der Waals surface area contributed by atoms with Gasteiger partial charge in [0.15, 0.2) is 0 Å². The van der Waals surface area contributed by atoms with Gasteiger partial charge in [0.2, 0.25) is 5.95 Å². The zero-order valence-corrected chi connectivity index (χ0v) is 15.5. The number of hydrogen-bond acceptors (Lipinski definition) is 4. The summed E-state index contributed by atoms with van der Waals surface area (Å²) in [5.74, 6) is 0.228. The van der Waals surface area contributed by atoms with Crippen molar-refractivity contribution in [2.75, 3.05) is 11.9 Å². The summed E-state index contributed by atoms with van der Waals surface area (Å²) < 4.78 is 0. The number of carbonyl (C=O) groups excluding carboxylic acids is 1. The van der Waals surface area contributed by atoms with Gasteiger partial charge in [0, 0.05) is 18.4 Å². The summed E-state index contributed by atoms with van der Waals surface area (Å²) >= 11 is 0. The second-order valence-corrected chi connectivity index (χ2v) is 6.29. The van der Waals surface area contributed by atoms with E-state index in [2.05, 4.69) is 51.8 Å². The van der Waals surface area contributed by atoms with Gasteiger partial charge < -0.3 is 10.6 Å². The molecule has 5 nitrogen and oxygen atoms in total. The molecule has 2 N–H and O–H groups in total. The number of benzene rings is 2. The number of anilines is 2. The van der Waals surface area contributed by atoms with Crippen LogP contribution in [0.5, 0.6) is 0 Å². The molecule has 0 bridgehead atoms. The van der Waals surface area contributed by atoms with Crippen LogP contribution in [0.2, 0.25) is 0 Å². The van der Waals surface area contributed by atoms with E-state index in [1.807, 2.05) is 30.3 Å². The average Bonchev–Trinajstić information content (AvgIpc) is 2.72. The highest BCUT2D eigenvalue weighted by molar-refractivity contribution is 5.92. The zero-order valence-electron chi connectivity index (χ0n) is 15.5. The molecule has 138 valence electrons. The van der Waals surface area contributed by atoms with Gasteiger partial charge in [0.05, 0.1) is 0 Å². The van der Waals surface area contributed by atoms with Crippen molar-refractivity contribution in [1.29, 1.82) is 0 Å². The third kappa shape index (κ3) is 5.64. The molecule has 0 aliphatic rings. The first kappa shape index (κ1) is 18.6. The Kier molecular flexibility index (Phi) is 6.52. The minimum atomic E-state index is -0.185. The highest BCUT2D eigenvalue weighted by Crippen LogP contribution is 2.14. The summed E-state index contributed by atoms with van der Waals surface area (Å²) in [7, 11) is 0. The third-order valence-electron chi connectivity index (χ3n) is 4.28. The van der Waals surface area contributed by atoms with Crippen LogP contribution < -0.4 is 10.6 Å². The van der Waals surface area contributed by atoms with Crippen molar-refractivity contribution in [2.24, 2.45) is 0 Å².